The molecule has 0 spiro atoms. The van der Waals surface area contributed by atoms with E-state index in [4.69, 9.17) is 0 Å². The van der Waals surface area contributed by atoms with Crippen molar-refractivity contribution in [3.05, 3.63) is 40.9 Å². The molecule has 3 amide bonds. The third-order valence-corrected chi connectivity index (χ3v) is 4.54. The molecule has 7 nitrogen and oxygen atoms in total. The van der Waals surface area contributed by atoms with Gasteiger partial charge in [0.25, 0.3) is 0 Å². The highest BCUT2D eigenvalue weighted by molar-refractivity contribution is 7.13. The second-order valence-corrected chi connectivity index (χ2v) is 6.74. The van der Waals surface area contributed by atoms with E-state index in [1.54, 1.807) is 5.38 Å². The van der Waals surface area contributed by atoms with Crippen molar-refractivity contribution >= 4 is 39.9 Å². The Hall–Kier alpha value is -2.74. The van der Waals surface area contributed by atoms with Crippen molar-refractivity contribution < 1.29 is 14.4 Å². The van der Waals surface area contributed by atoms with Crippen LogP contribution in [0, 0.1) is 6.92 Å². The second-order valence-electron chi connectivity index (χ2n) is 5.89. The third kappa shape index (κ3) is 4.63. The number of amides is 3. The molecule has 0 radical (unpaired) electrons. The molecule has 25 heavy (non-hydrogen) atoms. The highest BCUT2D eigenvalue weighted by Crippen LogP contribution is 2.18. The maximum Gasteiger partial charge on any atom is 0.248 e. The Bertz CT molecular complexity index is 818. The first kappa shape index (κ1) is 17.1. The fourth-order valence-corrected chi connectivity index (χ4v) is 3.25. The Kier molecular flexibility index (Phi) is 5.08. The molecule has 3 N–H and O–H groups in total. The van der Waals surface area contributed by atoms with E-state index in [2.05, 4.69) is 20.9 Å². The number of rotatable bonds is 5. The summed E-state index contributed by atoms with van der Waals surface area (Å²) in [7, 11) is 0. The van der Waals surface area contributed by atoms with Crippen LogP contribution in [0.3, 0.4) is 0 Å². The first-order valence-electron chi connectivity index (χ1n) is 7.91. The van der Waals surface area contributed by atoms with Crippen molar-refractivity contribution in [2.45, 2.75) is 32.2 Å². The summed E-state index contributed by atoms with van der Waals surface area (Å²) in [6.07, 6.45) is 0.975. The van der Waals surface area contributed by atoms with Gasteiger partial charge in [0.15, 0.2) is 5.13 Å². The van der Waals surface area contributed by atoms with Gasteiger partial charge in [0, 0.05) is 17.5 Å². The number of benzene rings is 1. The SMILES string of the molecule is Cc1cccc(NC(=O)Cc2csc(NC(=O)[C@H]3CCC(=O)N3)n2)c1. The molecule has 0 unspecified atom stereocenters. The summed E-state index contributed by atoms with van der Waals surface area (Å²) >= 11 is 1.25. The quantitative estimate of drug-likeness (QED) is 0.759. The van der Waals surface area contributed by atoms with Gasteiger partial charge in [0.2, 0.25) is 17.7 Å². The molecule has 1 aromatic carbocycles. The lowest BCUT2D eigenvalue weighted by Crippen LogP contribution is -2.37. The summed E-state index contributed by atoms with van der Waals surface area (Å²) < 4.78 is 0. The Labute approximate surface area is 148 Å². The number of carbonyl (C=O) groups excluding carboxylic acids is 3. The number of hydrogen-bond acceptors (Lipinski definition) is 5. The summed E-state index contributed by atoms with van der Waals surface area (Å²) in [4.78, 5) is 39.5. The molecule has 2 aromatic rings. The highest BCUT2D eigenvalue weighted by atomic mass is 32.1. The molecule has 1 aromatic heterocycles. The highest BCUT2D eigenvalue weighted by Gasteiger charge is 2.27. The first-order valence-corrected chi connectivity index (χ1v) is 8.79. The molecule has 0 saturated carbocycles. The van der Waals surface area contributed by atoms with Crippen LogP contribution in [0.15, 0.2) is 29.6 Å². The molecule has 0 bridgehead atoms. The van der Waals surface area contributed by atoms with Crippen molar-refractivity contribution in [1.82, 2.24) is 10.3 Å². The predicted molar refractivity (Wildman–Crippen MR) is 95.4 cm³/mol. The molecule has 1 fully saturated rings. The zero-order valence-electron chi connectivity index (χ0n) is 13.7. The Balaban J connectivity index is 1.53. The Morgan fingerprint density at radius 1 is 1.36 bits per heavy atom. The molecule has 0 aliphatic carbocycles. The zero-order valence-corrected chi connectivity index (χ0v) is 14.5. The Morgan fingerprint density at radius 3 is 2.92 bits per heavy atom. The van der Waals surface area contributed by atoms with Gasteiger partial charge in [-0.15, -0.1) is 11.3 Å². The van der Waals surface area contributed by atoms with E-state index in [-0.39, 0.29) is 24.1 Å². The van der Waals surface area contributed by atoms with E-state index < -0.39 is 6.04 Å². The summed E-state index contributed by atoms with van der Waals surface area (Å²) in [6, 6.07) is 7.04. The average molecular weight is 358 g/mol. The van der Waals surface area contributed by atoms with Crippen molar-refractivity contribution in [2.24, 2.45) is 0 Å². The van der Waals surface area contributed by atoms with Crippen LogP contribution in [0.1, 0.15) is 24.1 Å². The smallest absolute Gasteiger partial charge is 0.248 e. The van der Waals surface area contributed by atoms with Crippen LogP contribution in [0.25, 0.3) is 0 Å². The maximum atomic E-state index is 12.1. The van der Waals surface area contributed by atoms with Crippen LogP contribution in [-0.2, 0) is 20.8 Å². The van der Waals surface area contributed by atoms with Gasteiger partial charge in [-0.25, -0.2) is 4.98 Å². The van der Waals surface area contributed by atoms with Crippen LogP contribution in [-0.4, -0.2) is 28.7 Å². The van der Waals surface area contributed by atoms with E-state index in [9.17, 15) is 14.4 Å². The second kappa shape index (κ2) is 7.43. The van der Waals surface area contributed by atoms with Crippen molar-refractivity contribution in [2.75, 3.05) is 10.6 Å². The minimum atomic E-state index is -0.510. The lowest BCUT2D eigenvalue weighted by atomic mass is 10.2. The molecule has 8 heteroatoms. The van der Waals surface area contributed by atoms with Crippen LogP contribution in [0.5, 0.6) is 0 Å². The van der Waals surface area contributed by atoms with Crippen molar-refractivity contribution in [3.8, 4) is 0 Å². The minimum Gasteiger partial charge on any atom is -0.344 e. The third-order valence-electron chi connectivity index (χ3n) is 3.74. The normalized spacial score (nSPS) is 16.4. The molecule has 3 rings (SSSR count). The van der Waals surface area contributed by atoms with Gasteiger partial charge in [-0.05, 0) is 31.0 Å². The summed E-state index contributed by atoms with van der Waals surface area (Å²) in [5.41, 5.74) is 2.39. The van der Waals surface area contributed by atoms with E-state index in [1.807, 2.05) is 31.2 Å². The number of thiazole rings is 1. The molecule has 1 aliphatic rings. The zero-order chi connectivity index (χ0) is 17.8. The van der Waals surface area contributed by atoms with E-state index >= 15 is 0 Å². The molecule has 1 aliphatic heterocycles. The van der Waals surface area contributed by atoms with Crippen molar-refractivity contribution in [1.29, 1.82) is 0 Å². The molecule has 130 valence electrons. The summed E-state index contributed by atoms with van der Waals surface area (Å²) in [5, 5.41) is 10.3. The standard InChI is InChI=1S/C17H18N4O3S/c1-10-3-2-4-11(7-10)18-15(23)8-12-9-25-17(19-12)21-16(24)13-5-6-14(22)20-13/h2-4,7,9,13H,5-6,8H2,1H3,(H,18,23)(H,20,22)(H,19,21,24)/t13-/m1/s1. The van der Waals surface area contributed by atoms with Gasteiger partial charge >= 0.3 is 0 Å². The fraction of sp³-hybridized carbons (Fsp3) is 0.294. The molecule has 1 saturated heterocycles. The molecule has 1 atom stereocenters. The number of carbonyl (C=O) groups is 3. The van der Waals surface area contributed by atoms with Gasteiger partial charge in [0.1, 0.15) is 6.04 Å². The van der Waals surface area contributed by atoms with Gasteiger partial charge in [0.05, 0.1) is 12.1 Å². The predicted octanol–water partition coefficient (Wildman–Crippen LogP) is 1.85. The number of anilines is 2. The number of aryl methyl sites for hydroxylation is 1. The van der Waals surface area contributed by atoms with Crippen LogP contribution >= 0.6 is 11.3 Å². The van der Waals surface area contributed by atoms with Crippen molar-refractivity contribution in [3.63, 3.8) is 0 Å². The average Bonchev–Trinajstić information content (AvgIpc) is 3.16. The van der Waals surface area contributed by atoms with Crippen LogP contribution in [0.2, 0.25) is 0 Å². The van der Waals surface area contributed by atoms with Gasteiger partial charge in [-0.1, -0.05) is 12.1 Å². The first-order chi connectivity index (χ1) is 12.0. The topological polar surface area (TPSA) is 100 Å². The Morgan fingerprint density at radius 2 is 2.20 bits per heavy atom. The van der Waals surface area contributed by atoms with E-state index in [1.165, 1.54) is 11.3 Å². The summed E-state index contributed by atoms with van der Waals surface area (Å²) in [6.45, 7) is 1.96. The monoisotopic (exact) mass is 358 g/mol. The van der Waals surface area contributed by atoms with E-state index in [0.717, 1.165) is 11.3 Å². The van der Waals surface area contributed by atoms with Crippen LogP contribution < -0.4 is 16.0 Å². The lowest BCUT2D eigenvalue weighted by Gasteiger charge is -2.08. The molecular weight excluding hydrogens is 340 g/mol. The summed E-state index contributed by atoms with van der Waals surface area (Å²) in [5.74, 6) is -0.569. The van der Waals surface area contributed by atoms with Gasteiger partial charge < -0.3 is 16.0 Å². The van der Waals surface area contributed by atoms with Gasteiger partial charge in [-0.2, -0.15) is 0 Å². The molecule has 2 heterocycles. The number of hydrogen-bond donors (Lipinski definition) is 3. The number of nitrogens with zero attached hydrogens (tertiary/aromatic N) is 1. The van der Waals surface area contributed by atoms with E-state index in [0.29, 0.717) is 23.7 Å². The number of aromatic nitrogens is 1. The molecular formula is C17H18N4O3S. The largest absolute Gasteiger partial charge is 0.344 e. The van der Waals surface area contributed by atoms with Crippen LogP contribution in [0.4, 0.5) is 10.8 Å². The number of nitrogens with one attached hydrogen (secondary N) is 3. The maximum absolute atomic E-state index is 12.1. The van der Waals surface area contributed by atoms with Gasteiger partial charge in [-0.3, -0.25) is 14.4 Å². The lowest BCUT2D eigenvalue weighted by molar-refractivity contribution is -0.122. The minimum absolute atomic E-state index is 0.118. The fourth-order valence-electron chi connectivity index (χ4n) is 2.54.